The van der Waals surface area contributed by atoms with Gasteiger partial charge in [0.25, 0.3) is 0 Å². The Morgan fingerprint density at radius 3 is 2.67 bits per heavy atom. The first kappa shape index (κ1) is 19.4. The molecule has 27 heavy (non-hydrogen) atoms. The maximum absolute atomic E-state index is 12.6. The monoisotopic (exact) mass is 389 g/mol. The molecule has 1 amide bonds. The molecule has 0 aliphatic carbocycles. The molecule has 0 bridgehead atoms. The Morgan fingerprint density at radius 2 is 2.00 bits per heavy atom. The Hall–Kier alpha value is -2.38. The lowest BCUT2D eigenvalue weighted by atomic mass is 10.0. The minimum absolute atomic E-state index is 0.148. The number of likely N-dealkylation sites (N-methyl/N-ethyl adjacent to an activating group) is 1. The molecule has 1 aliphatic rings. The van der Waals surface area contributed by atoms with Crippen LogP contribution < -0.4 is 15.0 Å². The summed E-state index contributed by atoms with van der Waals surface area (Å²) in [4.78, 5) is 27.6. The van der Waals surface area contributed by atoms with E-state index in [9.17, 15) is 9.59 Å². The molecule has 1 unspecified atom stereocenters. The van der Waals surface area contributed by atoms with Gasteiger partial charge in [0.1, 0.15) is 17.3 Å². The molecule has 2 N–H and O–H groups in total. The highest BCUT2D eigenvalue weighted by molar-refractivity contribution is 7.17. The van der Waals surface area contributed by atoms with Crippen LogP contribution in [0.5, 0.6) is 5.75 Å². The van der Waals surface area contributed by atoms with Gasteiger partial charge in [-0.05, 0) is 30.2 Å². The number of methoxy groups -OCH3 is 1. The molecule has 0 radical (unpaired) electrons. The van der Waals surface area contributed by atoms with Gasteiger partial charge in [-0.15, -0.1) is 11.3 Å². The number of rotatable bonds is 6. The highest BCUT2D eigenvalue weighted by Gasteiger charge is 2.30. The summed E-state index contributed by atoms with van der Waals surface area (Å²) in [6, 6.07) is 7.38. The number of carbonyl (C=O) groups excluding carboxylic acids is 2. The SMILES string of the molecule is CCOC(=O)c1c(NC(=O)Cc2ccc(OC)cc2)sc2c1CC[NH+](C)C2. The van der Waals surface area contributed by atoms with Crippen molar-refractivity contribution >= 4 is 28.2 Å². The fourth-order valence-corrected chi connectivity index (χ4v) is 4.59. The van der Waals surface area contributed by atoms with Gasteiger partial charge in [0.05, 0.1) is 44.2 Å². The normalized spacial score (nSPS) is 15.7. The highest BCUT2D eigenvalue weighted by Crippen LogP contribution is 2.35. The van der Waals surface area contributed by atoms with E-state index in [0.29, 0.717) is 17.2 Å². The number of esters is 1. The fourth-order valence-electron chi connectivity index (χ4n) is 3.23. The molecule has 1 aliphatic heterocycles. The van der Waals surface area contributed by atoms with Gasteiger partial charge in [0.15, 0.2) is 0 Å². The lowest BCUT2D eigenvalue weighted by Gasteiger charge is -2.19. The van der Waals surface area contributed by atoms with E-state index in [1.807, 2.05) is 24.3 Å². The Kier molecular flexibility index (Phi) is 6.13. The van der Waals surface area contributed by atoms with Gasteiger partial charge in [-0.25, -0.2) is 4.79 Å². The van der Waals surface area contributed by atoms with Gasteiger partial charge in [0.2, 0.25) is 5.91 Å². The number of hydrogen-bond donors (Lipinski definition) is 2. The van der Waals surface area contributed by atoms with E-state index < -0.39 is 0 Å². The van der Waals surface area contributed by atoms with Crippen LogP contribution in [-0.2, 0) is 28.9 Å². The molecule has 1 aromatic heterocycles. The third-order valence-electron chi connectivity index (χ3n) is 4.61. The number of benzene rings is 1. The van der Waals surface area contributed by atoms with Gasteiger partial charge in [-0.3, -0.25) is 4.79 Å². The van der Waals surface area contributed by atoms with Crippen molar-refractivity contribution in [2.24, 2.45) is 0 Å². The average molecular weight is 389 g/mol. The minimum Gasteiger partial charge on any atom is -0.497 e. The predicted octanol–water partition coefficient (Wildman–Crippen LogP) is 1.69. The first-order valence-corrected chi connectivity index (χ1v) is 9.89. The molecule has 1 aromatic carbocycles. The molecule has 0 fully saturated rings. The molecule has 2 heterocycles. The van der Waals surface area contributed by atoms with Crippen molar-refractivity contribution in [3.63, 3.8) is 0 Å². The maximum Gasteiger partial charge on any atom is 0.341 e. The summed E-state index contributed by atoms with van der Waals surface area (Å²) in [7, 11) is 3.74. The molecule has 0 spiro atoms. The Morgan fingerprint density at radius 1 is 1.26 bits per heavy atom. The molecule has 7 heteroatoms. The van der Waals surface area contributed by atoms with Crippen LogP contribution in [0.25, 0.3) is 0 Å². The molecular formula is C20H25N2O4S+. The van der Waals surface area contributed by atoms with Crippen LogP contribution in [0.15, 0.2) is 24.3 Å². The zero-order valence-electron chi connectivity index (χ0n) is 15.9. The number of thiophene rings is 1. The van der Waals surface area contributed by atoms with E-state index in [4.69, 9.17) is 9.47 Å². The van der Waals surface area contributed by atoms with Gasteiger partial charge < -0.3 is 19.7 Å². The van der Waals surface area contributed by atoms with Crippen molar-refractivity contribution in [2.45, 2.75) is 26.3 Å². The quantitative estimate of drug-likeness (QED) is 0.738. The number of fused-ring (bicyclic) bond motifs is 1. The number of hydrogen-bond acceptors (Lipinski definition) is 5. The van der Waals surface area contributed by atoms with E-state index >= 15 is 0 Å². The third-order valence-corrected chi connectivity index (χ3v) is 5.76. The largest absolute Gasteiger partial charge is 0.497 e. The van der Waals surface area contributed by atoms with Crippen molar-refractivity contribution in [2.75, 3.05) is 32.6 Å². The number of nitrogens with one attached hydrogen (secondary N) is 2. The molecule has 2 aromatic rings. The summed E-state index contributed by atoms with van der Waals surface area (Å²) < 4.78 is 10.4. The number of carbonyl (C=O) groups is 2. The Balaban J connectivity index is 1.80. The van der Waals surface area contributed by atoms with Gasteiger partial charge in [0, 0.05) is 6.42 Å². The van der Waals surface area contributed by atoms with Crippen LogP contribution in [0.4, 0.5) is 5.00 Å². The van der Waals surface area contributed by atoms with E-state index in [0.717, 1.165) is 41.3 Å². The van der Waals surface area contributed by atoms with Gasteiger partial charge in [-0.2, -0.15) is 0 Å². The third kappa shape index (κ3) is 4.48. The highest BCUT2D eigenvalue weighted by atomic mass is 32.1. The molecule has 0 saturated heterocycles. The van der Waals surface area contributed by atoms with Crippen molar-refractivity contribution in [1.29, 1.82) is 0 Å². The van der Waals surface area contributed by atoms with Crippen LogP contribution in [0.1, 0.15) is 33.3 Å². The van der Waals surface area contributed by atoms with Crippen molar-refractivity contribution in [1.82, 2.24) is 0 Å². The van der Waals surface area contributed by atoms with E-state index in [1.54, 1.807) is 14.0 Å². The van der Waals surface area contributed by atoms with Crippen molar-refractivity contribution in [3.8, 4) is 5.75 Å². The average Bonchev–Trinajstić information content (AvgIpc) is 2.99. The lowest BCUT2D eigenvalue weighted by Crippen LogP contribution is -3.08. The van der Waals surface area contributed by atoms with Crippen LogP contribution in [-0.4, -0.2) is 39.2 Å². The second-order valence-electron chi connectivity index (χ2n) is 6.64. The number of quaternary nitrogens is 1. The molecule has 0 saturated carbocycles. The molecule has 6 nitrogen and oxygen atoms in total. The summed E-state index contributed by atoms with van der Waals surface area (Å²) >= 11 is 1.49. The van der Waals surface area contributed by atoms with Crippen LogP contribution in [0.3, 0.4) is 0 Å². The fraction of sp³-hybridized carbons (Fsp3) is 0.400. The van der Waals surface area contributed by atoms with Crippen molar-refractivity contribution in [3.05, 3.63) is 45.8 Å². The maximum atomic E-state index is 12.6. The standard InChI is InChI=1S/C20H24N2O4S/c1-4-26-20(24)18-15-9-10-22(2)12-16(15)27-19(18)21-17(23)11-13-5-7-14(25-3)8-6-13/h5-8H,4,9-12H2,1-3H3,(H,21,23)/p+1. The predicted molar refractivity (Wildman–Crippen MR) is 105 cm³/mol. The Labute approximate surface area is 163 Å². The minimum atomic E-state index is -0.352. The smallest absolute Gasteiger partial charge is 0.341 e. The first-order chi connectivity index (χ1) is 13.0. The topological polar surface area (TPSA) is 69.1 Å². The molecular weight excluding hydrogens is 364 g/mol. The van der Waals surface area contributed by atoms with Crippen LogP contribution in [0.2, 0.25) is 0 Å². The first-order valence-electron chi connectivity index (χ1n) is 9.07. The zero-order valence-corrected chi connectivity index (χ0v) is 16.7. The molecule has 1 atom stereocenters. The Bertz CT molecular complexity index is 829. The second kappa shape index (κ2) is 8.54. The summed E-state index contributed by atoms with van der Waals surface area (Å²) in [6.07, 6.45) is 1.06. The molecule has 144 valence electrons. The molecule has 3 rings (SSSR count). The second-order valence-corrected chi connectivity index (χ2v) is 7.74. The summed E-state index contributed by atoms with van der Waals surface area (Å²) in [5, 5.41) is 3.54. The lowest BCUT2D eigenvalue weighted by molar-refractivity contribution is -0.895. The van der Waals surface area contributed by atoms with Crippen LogP contribution in [0, 0.1) is 0 Å². The van der Waals surface area contributed by atoms with Crippen molar-refractivity contribution < 1.29 is 24.0 Å². The zero-order chi connectivity index (χ0) is 19.4. The van der Waals surface area contributed by atoms with Crippen LogP contribution >= 0.6 is 11.3 Å². The van der Waals surface area contributed by atoms with Gasteiger partial charge in [-0.1, -0.05) is 12.1 Å². The van der Waals surface area contributed by atoms with E-state index in [-0.39, 0.29) is 18.3 Å². The summed E-state index contributed by atoms with van der Waals surface area (Å²) in [5.41, 5.74) is 2.45. The number of amides is 1. The summed E-state index contributed by atoms with van der Waals surface area (Å²) in [5.74, 6) is 0.251. The number of ether oxygens (including phenoxy) is 2. The van der Waals surface area contributed by atoms with Gasteiger partial charge >= 0.3 is 5.97 Å². The number of anilines is 1. The van der Waals surface area contributed by atoms with E-state index in [1.165, 1.54) is 16.2 Å². The summed E-state index contributed by atoms with van der Waals surface area (Å²) in [6.45, 7) is 3.93. The van der Waals surface area contributed by atoms with E-state index in [2.05, 4.69) is 12.4 Å².